The summed E-state index contributed by atoms with van der Waals surface area (Å²) < 4.78 is 6.81. The lowest BCUT2D eigenvalue weighted by Crippen LogP contribution is -2.19. The van der Waals surface area contributed by atoms with Gasteiger partial charge in [-0.1, -0.05) is 12.1 Å². The van der Waals surface area contributed by atoms with Gasteiger partial charge in [-0.05, 0) is 53.5 Å². The molecule has 0 radical (unpaired) electrons. The Morgan fingerprint density at radius 2 is 2.05 bits per heavy atom. The zero-order valence-corrected chi connectivity index (χ0v) is 12.4. The molecular formula is C15H15BrN2O. The quantitative estimate of drug-likeness (QED) is 0.792. The van der Waals surface area contributed by atoms with Crippen LogP contribution in [0.3, 0.4) is 0 Å². The summed E-state index contributed by atoms with van der Waals surface area (Å²) in [6.07, 6.45) is 0.992. The van der Waals surface area contributed by atoms with Crippen molar-refractivity contribution in [3.05, 3.63) is 46.6 Å². The molecule has 2 aromatic rings. The summed E-state index contributed by atoms with van der Waals surface area (Å²) in [6.45, 7) is 3.68. The van der Waals surface area contributed by atoms with E-state index in [-0.39, 0.29) is 0 Å². The van der Waals surface area contributed by atoms with Crippen molar-refractivity contribution in [2.45, 2.75) is 13.3 Å². The monoisotopic (exact) mass is 318 g/mol. The largest absolute Gasteiger partial charge is 0.491 e. The standard InChI is InChI=1S/C15H15BrN2O/c1-11-12(16)7-8-15(17-11)18-9-4-10-19-14-6-3-2-5-13(14)18/h2-3,5-8H,4,9-10H2,1H3. The fourth-order valence-electron chi connectivity index (χ4n) is 2.25. The minimum absolute atomic E-state index is 0.753. The molecule has 0 amide bonds. The molecule has 98 valence electrons. The molecule has 0 spiro atoms. The summed E-state index contributed by atoms with van der Waals surface area (Å²) in [5.74, 6) is 1.90. The topological polar surface area (TPSA) is 25.4 Å². The Bertz CT molecular complexity index is 600. The van der Waals surface area contributed by atoms with Gasteiger partial charge in [0.1, 0.15) is 11.6 Å². The number of aryl methyl sites for hydroxylation is 1. The van der Waals surface area contributed by atoms with Gasteiger partial charge in [-0.3, -0.25) is 0 Å². The molecular weight excluding hydrogens is 304 g/mol. The summed E-state index contributed by atoms with van der Waals surface area (Å²) in [5, 5.41) is 0. The first kappa shape index (κ1) is 12.5. The van der Waals surface area contributed by atoms with Crippen molar-refractivity contribution in [2.24, 2.45) is 0 Å². The molecule has 0 bridgehead atoms. The number of aromatic nitrogens is 1. The molecule has 0 fully saturated rings. The molecule has 0 saturated heterocycles. The molecule has 0 atom stereocenters. The highest BCUT2D eigenvalue weighted by atomic mass is 79.9. The number of ether oxygens (including phenoxy) is 1. The lowest BCUT2D eigenvalue weighted by Gasteiger charge is -2.23. The van der Waals surface area contributed by atoms with Crippen molar-refractivity contribution in [1.82, 2.24) is 4.98 Å². The number of hydrogen-bond donors (Lipinski definition) is 0. The molecule has 3 rings (SSSR count). The van der Waals surface area contributed by atoms with Crippen LogP contribution in [0.15, 0.2) is 40.9 Å². The highest BCUT2D eigenvalue weighted by Gasteiger charge is 2.18. The van der Waals surface area contributed by atoms with E-state index in [1.165, 1.54) is 0 Å². The number of para-hydroxylation sites is 2. The number of pyridine rings is 1. The molecule has 2 heterocycles. The number of halogens is 1. The van der Waals surface area contributed by atoms with Crippen LogP contribution in [-0.2, 0) is 0 Å². The van der Waals surface area contributed by atoms with E-state index in [1.807, 2.05) is 37.3 Å². The van der Waals surface area contributed by atoms with Crippen molar-refractivity contribution in [3.8, 4) is 5.75 Å². The van der Waals surface area contributed by atoms with Gasteiger partial charge in [-0.2, -0.15) is 0 Å². The van der Waals surface area contributed by atoms with Gasteiger partial charge in [0, 0.05) is 11.0 Å². The molecule has 4 heteroatoms. The van der Waals surface area contributed by atoms with Crippen LogP contribution in [0.25, 0.3) is 0 Å². The third-order valence-corrected chi connectivity index (χ3v) is 4.06. The maximum absolute atomic E-state index is 5.78. The van der Waals surface area contributed by atoms with Crippen LogP contribution in [0, 0.1) is 6.92 Å². The molecule has 19 heavy (non-hydrogen) atoms. The summed E-state index contributed by atoms with van der Waals surface area (Å²) in [4.78, 5) is 6.88. The van der Waals surface area contributed by atoms with E-state index in [2.05, 4.69) is 31.9 Å². The second-order valence-corrected chi connectivity index (χ2v) is 5.41. The van der Waals surface area contributed by atoms with Gasteiger partial charge in [0.05, 0.1) is 18.0 Å². The maximum Gasteiger partial charge on any atom is 0.142 e. The van der Waals surface area contributed by atoms with Gasteiger partial charge in [0.2, 0.25) is 0 Å². The van der Waals surface area contributed by atoms with E-state index >= 15 is 0 Å². The SMILES string of the molecule is Cc1nc(N2CCCOc3ccccc32)ccc1Br. The predicted octanol–water partition coefficient (Wildman–Crippen LogP) is 4.07. The van der Waals surface area contributed by atoms with Crippen LogP contribution in [0.2, 0.25) is 0 Å². The average molecular weight is 319 g/mol. The molecule has 1 aliphatic rings. The van der Waals surface area contributed by atoms with Gasteiger partial charge in [0.25, 0.3) is 0 Å². The van der Waals surface area contributed by atoms with Crippen molar-refractivity contribution in [2.75, 3.05) is 18.1 Å². The van der Waals surface area contributed by atoms with E-state index < -0.39 is 0 Å². The molecule has 0 N–H and O–H groups in total. The van der Waals surface area contributed by atoms with Crippen molar-refractivity contribution in [3.63, 3.8) is 0 Å². The van der Waals surface area contributed by atoms with Crippen molar-refractivity contribution < 1.29 is 4.74 Å². The number of rotatable bonds is 1. The second kappa shape index (κ2) is 5.21. The van der Waals surface area contributed by atoms with Gasteiger partial charge < -0.3 is 9.64 Å². The first-order valence-corrected chi connectivity index (χ1v) is 7.17. The molecule has 0 saturated carbocycles. The van der Waals surface area contributed by atoms with E-state index in [1.54, 1.807) is 0 Å². The number of hydrogen-bond acceptors (Lipinski definition) is 3. The Kier molecular flexibility index (Phi) is 3.42. The molecule has 3 nitrogen and oxygen atoms in total. The first-order chi connectivity index (χ1) is 9.25. The van der Waals surface area contributed by atoms with E-state index in [4.69, 9.17) is 4.74 Å². The van der Waals surface area contributed by atoms with Crippen LogP contribution in [0.4, 0.5) is 11.5 Å². The van der Waals surface area contributed by atoms with E-state index in [0.717, 1.165) is 47.0 Å². The highest BCUT2D eigenvalue weighted by molar-refractivity contribution is 9.10. The van der Waals surface area contributed by atoms with E-state index in [9.17, 15) is 0 Å². The van der Waals surface area contributed by atoms with Crippen LogP contribution in [-0.4, -0.2) is 18.1 Å². The summed E-state index contributed by atoms with van der Waals surface area (Å²) in [5.41, 5.74) is 2.09. The second-order valence-electron chi connectivity index (χ2n) is 4.56. The summed E-state index contributed by atoms with van der Waals surface area (Å²) in [6, 6.07) is 12.2. The summed E-state index contributed by atoms with van der Waals surface area (Å²) >= 11 is 3.49. The van der Waals surface area contributed by atoms with Crippen LogP contribution in [0.1, 0.15) is 12.1 Å². The lowest BCUT2D eigenvalue weighted by molar-refractivity contribution is 0.322. The lowest BCUT2D eigenvalue weighted by atomic mass is 10.2. The Morgan fingerprint density at radius 1 is 1.21 bits per heavy atom. The van der Waals surface area contributed by atoms with Crippen molar-refractivity contribution >= 4 is 27.4 Å². The average Bonchev–Trinajstić information content (AvgIpc) is 2.64. The third kappa shape index (κ3) is 2.45. The van der Waals surface area contributed by atoms with Gasteiger partial charge in [0.15, 0.2) is 0 Å². The number of nitrogens with zero attached hydrogens (tertiary/aromatic N) is 2. The fourth-order valence-corrected chi connectivity index (χ4v) is 2.47. The minimum atomic E-state index is 0.753. The Balaban J connectivity index is 2.06. The van der Waals surface area contributed by atoms with Gasteiger partial charge in [-0.25, -0.2) is 4.98 Å². The van der Waals surface area contributed by atoms with Gasteiger partial charge in [-0.15, -0.1) is 0 Å². The maximum atomic E-state index is 5.78. The zero-order chi connectivity index (χ0) is 13.2. The van der Waals surface area contributed by atoms with Crippen molar-refractivity contribution in [1.29, 1.82) is 0 Å². The predicted molar refractivity (Wildman–Crippen MR) is 80.2 cm³/mol. The van der Waals surface area contributed by atoms with Crippen LogP contribution in [0.5, 0.6) is 5.75 Å². The number of benzene rings is 1. The molecule has 1 aromatic carbocycles. The fraction of sp³-hybridized carbons (Fsp3) is 0.267. The Hall–Kier alpha value is -1.55. The normalized spacial score (nSPS) is 14.5. The van der Waals surface area contributed by atoms with Gasteiger partial charge >= 0.3 is 0 Å². The molecule has 1 aliphatic heterocycles. The highest BCUT2D eigenvalue weighted by Crippen LogP contribution is 2.35. The van der Waals surface area contributed by atoms with Crippen LogP contribution >= 0.6 is 15.9 Å². The minimum Gasteiger partial charge on any atom is -0.491 e. The first-order valence-electron chi connectivity index (χ1n) is 6.38. The molecule has 0 aliphatic carbocycles. The smallest absolute Gasteiger partial charge is 0.142 e. The van der Waals surface area contributed by atoms with E-state index in [0.29, 0.717) is 0 Å². The molecule has 1 aromatic heterocycles. The molecule has 0 unspecified atom stereocenters. The Morgan fingerprint density at radius 3 is 2.89 bits per heavy atom. The Labute approximate surface area is 121 Å². The summed E-state index contributed by atoms with van der Waals surface area (Å²) in [7, 11) is 0. The number of anilines is 2. The number of fused-ring (bicyclic) bond motifs is 1. The third-order valence-electron chi connectivity index (χ3n) is 3.22. The van der Waals surface area contributed by atoms with Crippen LogP contribution < -0.4 is 9.64 Å². The zero-order valence-electron chi connectivity index (χ0n) is 10.8.